The van der Waals surface area contributed by atoms with Crippen molar-refractivity contribution in [2.45, 2.75) is 38.3 Å². The van der Waals surface area contributed by atoms with Gasteiger partial charge in [0, 0.05) is 0 Å². The van der Waals surface area contributed by atoms with Crippen molar-refractivity contribution in [3.8, 4) is 6.07 Å². The molecule has 1 aliphatic rings. The zero-order valence-corrected chi connectivity index (χ0v) is 7.41. The van der Waals surface area contributed by atoms with Crippen LogP contribution in [0.15, 0.2) is 12.7 Å². The fraction of sp³-hybridized carbons (Fsp3) is 0.667. The van der Waals surface area contributed by atoms with Crippen LogP contribution in [-0.4, -0.2) is 18.0 Å². The lowest BCUT2D eigenvalue weighted by Gasteiger charge is -2.15. The third kappa shape index (κ3) is 1.84. The van der Waals surface area contributed by atoms with Crippen LogP contribution in [0.25, 0.3) is 0 Å². The van der Waals surface area contributed by atoms with Gasteiger partial charge in [-0.15, -0.1) is 6.58 Å². The quantitative estimate of drug-likeness (QED) is 0.587. The molecule has 3 heteroatoms. The first-order valence-electron chi connectivity index (χ1n) is 3.94. The number of hydrogen-bond donors (Lipinski definition) is 0. The minimum absolute atomic E-state index is 0.153. The van der Waals surface area contributed by atoms with Crippen molar-refractivity contribution >= 4 is 0 Å². The Labute approximate surface area is 72.6 Å². The largest absolute Gasteiger partial charge is 0.343 e. The van der Waals surface area contributed by atoms with Crippen LogP contribution in [0, 0.1) is 11.3 Å². The summed E-state index contributed by atoms with van der Waals surface area (Å²) in [6, 6.07) is 2.06. The molecule has 1 rings (SSSR count). The highest BCUT2D eigenvalue weighted by Crippen LogP contribution is 2.29. The molecule has 0 aliphatic carbocycles. The van der Waals surface area contributed by atoms with E-state index in [9.17, 15) is 0 Å². The maximum atomic E-state index is 8.49. The van der Waals surface area contributed by atoms with E-state index in [0.29, 0.717) is 6.42 Å². The molecular formula is C9H13NO2. The number of rotatable bonds is 2. The highest BCUT2D eigenvalue weighted by molar-refractivity contribution is 4.96. The summed E-state index contributed by atoms with van der Waals surface area (Å²) < 4.78 is 10.9. The number of nitriles is 1. The molecule has 1 aliphatic heterocycles. The lowest BCUT2D eigenvalue weighted by molar-refractivity contribution is -0.142. The van der Waals surface area contributed by atoms with E-state index in [-0.39, 0.29) is 12.2 Å². The van der Waals surface area contributed by atoms with Gasteiger partial charge in [0.05, 0.1) is 12.5 Å². The fourth-order valence-electron chi connectivity index (χ4n) is 1.31. The van der Waals surface area contributed by atoms with Gasteiger partial charge in [0.15, 0.2) is 5.79 Å². The lowest BCUT2D eigenvalue weighted by atomic mass is 10.1. The molecule has 0 aromatic carbocycles. The molecule has 12 heavy (non-hydrogen) atoms. The summed E-state index contributed by atoms with van der Waals surface area (Å²) in [6.07, 6.45) is 1.71. The normalized spacial score (nSPS) is 32.8. The average molecular weight is 167 g/mol. The summed E-state index contributed by atoms with van der Waals surface area (Å²) in [6.45, 7) is 7.29. The molecule has 0 amide bonds. The second-order valence-electron chi connectivity index (χ2n) is 3.24. The number of hydrogen-bond acceptors (Lipinski definition) is 3. The van der Waals surface area contributed by atoms with Gasteiger partial charge < -0.3 is 9.47 Å². The van der Waals surface area contributed by atoms with E-state index in [1.807, 2.05) is 13.8 Å². The zero-order valence-electron chi connectivity index (χ0n) is 7.41. The molecule has 2 unspecified atom stereocenters. The second-order valence-corrected chi connectivity index (χ2v) is 3.24. The van der Waals surface area contributed by atoms with Crippen LogP contribution in [0.4, 0.5) is 0 Å². The Bertz CT molecular complexity index is 217. The van der Waals surface area contributed by atoms with Crippen molar-refractivity contribution in [3.63, 3.8) is 0 Å². The Morgan fingerprint density at radius 1 is 1.58 bits per heavy atom. The maximum absolute atomic E-state index is 8.49. The van der Waals surface area contributed by atoms with Crippen molar-refractivity contribution < 1.29 is 9.47 Å². The van der Waals surface area contributed by atoms with Crippen molar-refractivity contribution in [1.82, 2.24) is 0 Å². The van der Waals surface area contributed by atoms with Gasteiger partial charge in [-0.2, -0.15) is 5.26 Å². The maximum Gasteiger partial charge on any atom is 0.164 e. The molecule has 0 saturated carbocycles. The van der Waals surface area contributed by atoms with E-state index in [2.05, 4.69) is 12.6 Å². The molecule has 1 heterocycles. The number of nitrogens with zero attached hydrogens (tertiary/aromatic N) is 1. The van der Waals surface area contributed by atoms with Gasteiger partial charge in [-0.05, 0) is 13.8 Å². The van der Waals surface area contributed by atoms with Crippen molar-refractivity contribution in [1.29, 1.82) is 5.26 Å². The first-order valence-corrected chi connectivity index (χ1v) is 3.94. The van der Waals surface area contributed by atoms with E-state index < -0.39 is 5.79 Å². The van der Waals surface area contributed by atoms with Crippen LogP contribution >= 0.6 is 0 Å². The zero-order chi connectivity index (χ0) is 9.19. The minimum Gasteiger partial charge on any atom is -0.343 e. The van der Waals surface area contributed by atoms with E-state index in [1.165, 1.54) is 0 Å². The smallest absolute Gasteiger partial charge is 0.164 e. The van der Waals surface area contributed by atoms with Crippen LogP contribution in [0.2, 0.25) is 0 Å². The highest BCUT2D eigenvalue weighted by atomic mass is 16.7. The van der Waals surface area contributed by atoms with Crippen LogP contribution < -0.4 is 0 Å². The fourth-order valence-corrected chi connectivity index (χ4v) is 1.31. The molecular weight excluding hydrogens is 154 g/mol. The molecule has 1 fully saturated rings. The van der Waals surface area contributed by atoms with Crippen molar-refractivity contribution in [3.05, 3.63) is 12.7 Å². The predicted molar refractivity (Wildman–Crippen MR) is 44.3 cm³/mol. The van der Waals surface area contributed by atoms with E-state index in [4.69, 9.17) is 14.7 Å². The van der Waals surface area contributed by atoms with Gasteiger partial charge >= 0.3 is 0 Å². The van der Waals surface area contributed by atoms with Crippen molar-refractivity contribution in [2.24, 2.45) is 0 Å². The predicted octanol–water partition coefficient (Wildman–Crippen LogP) is 1.61. The standard InChI is InChI=1S/C9H13NO2/c1-4-7-8(5-6-10)12-9(2,3)11-7/h4,7-8H,1,5H2,2-3H3. The Kier molecular flexibility index (Phi) is 2.51. The summed E-state index contributed by atoms with van der Waals surface area (Å²) in [5, 5.41) is 8.49. The molecule has 0 N–H and O–H groups in total. The van der Waals surface area contributed by atoms with Gasteiger partial charge in [-0.3, -0.25) is 0 Å². The SMILES string of the molecule is C=CC1OC(C)(C)OC1CC#N. The molecule has 0 bridgehead atoms. The Morgan fingerprint density at radius 3 is 2.75 bits per heavy atom. The second kappa shape index (κ2) is 3.26. The van der Waals surface area contributed by atoms with Crippen LogP contribution in [0.3, 0.4) is 0 Å². The first-order chi connectivity index (χ1) is 5.59. The molecule has 2 atom stereocenters. The van der Waals surface area contributed by atoms with Crippen LogP contribution in [0.1, 0.15) is 20.3 Å². The summed E-state index contributed by atoms with van der Waals surface area (Å²) in [7, 11) is 0. The van der Waals surface area contributed by atoms with Gasteiger partial charge in [0.1, 0.15) is 12.2 Å². The molecule has 0 aromatic heterocycles. The first kappa shape index (κ1) is 9.24. The monoisotopic (exact) mass is 167 g/mol. The lowest BCUT2D eigenvalue weighted by Crippen LogP contribution is -2.21. The Morgan fingerprint density at radius 2 is 2.25 bits per heavy atom. The molecule has 1 saturated heterocycles. The number of ether oxygens (including phenoxy) is 2. The molecule has 0 radical (unpaired) electrons. The van der Waals surface area contributed by atoms with E-state index >= 15 is 0 Å². The Balaban J connectivity index is 2.64. The van der Waals surface area contributed by atoms with Crippen molar-refractivity contribution in [2.75, 3.05) is 0 Å². The molecule has 66 valence electrons. The summed E-state index contributed by atoms with van der Waals surface area (Å²) in [5.41, 5.74) is 0. The van der Waals surface area contributed by atoms with Gasteiger partial charge in [0.2, 0.25) is 0 Å². The molecule has 3 nitrogen and oxygen atoms in total. The average Bonchev–Trinajstić information content (AvgIpc) is 2.26. The third-order valence-electron chi connectivity index (χ3n) is 1.75. The molecule has 0 spiro atoms. The highest BCUT2D eigenvalue weighted by Gasteiger charge is 2.39. The van der Waals surface area contributed by atoms with E-state index in [0.717, 1.165) is 0 Å². The summed E-state index contributed by atoms with van der Waals surface area (Å²) in [4.78, 5) is 0. The Hall–Kier alpha value is -0.850. The van der Waals surface area contributed by atoms with Crippen LogP contribution in [0.5, 0.6) is 0 Å². The third-order valence-corrected chi connectivity index (χ3v) is 1.75. The topological polar surface area (TPSA) is 42.2 Å². The molecule has 0 aromatic rings. The van der Waals surface area contributed by atoms with Crippen LogP contribution in [-0.2, 0) is 9.47 Å². The minimum atomic E-state index is -0.583. The van der Waals surface area contributed by atoms with E-state index in [1.54, 1.807) is 6.08 Å². The van der Waals surface area contributed by atoms with Gasteiger partial charge in [-0.25, -0.2) is 0 Å². The van der Waals surface area contributed by atoms with Gasteiger partial charge in [0.25, 0.3) is 0 Å². The summed E-state index contributed by atoms with van der Waals surface area (Å²) in [5.74, 6) is -0.583. The van der Waals surface area contributed by atoms with Gasteiger partial charge in [-0.1, -0.05) is 6.08 Å². The summed E-state index contributed by atoms with van der Waals surface area (Å²) >= 11 is 0.